The van der Waals surface area contributed by atoms with E-state index in [9.17, 15) is 9.59 Å². The highest BCUT2D eigenvalue weighted by Gasteiger charge is 2.14. The molecular formula is C12H16N2O3S. The summed E-state index contributed by atoms with van der Waals surface area (Å²) in [7, 11) is 0. The van der Waals surface area contributed by atoms with Gasteiger partial charge in [0.15, 0.2) is 0 Å². The number of nitrogens with one attached hydrogen (secondary N) is 1. The van der Waals surface area contributed by atoms with E-state index in [1.54, 1.807) is 6.20 Å². The smallest absolute Gasteiger partial charge is 0.331 e. The van der Waals surface area contributed by atoms with Crippen LogP contribution in [0.5, 0.6) is 0 Å². The lowest BCUT2D eigenvalue weighted by Crippen LogP contribution is -2.29. The van der Waals surface area contributed by atoms with Crippen LogP contribution in [-0.2, 0) is 9.59 Å². The third-order valence-electron chi connectivity index (χ3n) is 2.67. The largest absolute Gasteiger partial charge is 0.478 e. The first-order valence-corrected chi connectivity index (χ1v) is 6.39. The first-order valence-electron chi connectivity index (χ1n) is 5.51. The first-order chi connectivity index (χ1) is 8.43. The van der Waals surface area contributed by atoms with Gasteiger partial charge in [-0.05, 0) is 13.8 Å². The average molecular weight is 268 g/mol. The second-order valence-electron chi connectivity index (χ2n) is 4.04. The number of amides is 1. The molecule has 18 heavy (non-hydrogen) atoms. The number of hydrogen-bond donors (Lipinski definition) is 2. The maximum Gasteiger partial charge on any atom is 0.331 e. The number of thiazole rings is 1. The molecular weight excluding hydrogens is 252 g/mol. The summed E-state index contributed by atoms with van der Waals surface area (Å²) in [5, 5.41) is 14.3. The summed E-state index contributed by atoms with van der Waals surface area (Å²) in [4.78, 5) is 26.6. The minimum absolute atomic E-state index is 0.0643. The minimum atomic E-state index is -1.07. The van der Waals surface area contributed by atoms with Crippen molar-refractivity contribution in [3.05, 3.63) is 27.7 Å². The van der Waals surface area contributed by atoms with Gasteiger partial charge in [0, 0.05) is 35.2 Å². The van der Waals surface area contributed by atoms with Gasteiger partial charge in [-0.2, -0.15) is 0 Å². The number of carboxylic acids is 1. The van der Waals surface area contributed by atoms with Crippen molar-refractivity contribution in [2.45, 2.75) is 26.7 Å². The van der Waals surface area contributed by atoms with Crippen molar-refractivity contribution in [3.63, 3.8) is 0 Å². The van der Waals surface area contributed by atoms with Crippen LogP contribution in [0, 0.1) is 0 Å². The van der Waals surface area contributed by atoms with Crippen molar-refractivity contribution in [1.82, 2.24) is 10.3 Å². The number of rotatable bonds is 5. The molecule has 0 fully saturated rings. The fraction of sp³-hybridized carbons (Fsp3) is 0.417. The second-order valence-corrected chi connectivity index (χ2v) is 4.96. The highest BCUT2D eigenvalue weighted by Crippen LogP contribution is 2.16. The lowest BCUT2D eigenvalue weighted by Gasteiger charge is -2.11. The summed E-state index contributed by atoms with van der Waals surface area (Å²) in [6.07, 6.45) is 1.72. The van der Waals surface area contributed by atoms with E-state index in [2.05, 4.69) is 10.3 Å². The van der Waals surface area contributed by atoms with E-state index in [0.29, 0.717) is 6.54 Å². The van der Waals surface area contributed by atoms with E-state index in [-0.39, 0.29) is 23.0 Å². The van der Waals surface area contributed by atoms with Gasteiger partial charge in [0.25, 0.3) is 0 Å². The van der Waals surface area contributed by atoms with Crippen LogP contribution in [0.3, 0.4) is 0 Å². The van der Waals surface area contributed by atoms with Gasteiger partial charge in [0.1, 0.15) is 0 Å². The molecule has 1 unspecified atom stereocenters. The molecule has 0 bridgehead atoms. The number of carbonyl (C=O) groups excluding carboxylic acids is 1. The Morgan fingerprint density at radius 1 is 1.44 bits per heavy atom. The summed E-state index contributed by atoms with van der Waals surface area (Å²) in [5.74, 6) is -1.30. The molecule has 1 aromatic heterocycles. The SMILES string of the molecule is C/C(C(=O)O)=C(\C)C(=O)NCC(C)c1nccs1. The lowest BCUT2D eigenvalue weighted by molar-refractivity contribution is -0.133. The lowest BCUT2D eigenvalue weighted by atomic mass is 10.1. The van der Waals surface area contributed by atoms with Crippen LogP contribution in [0.1, 0.15) is 31.7 Å². The molecule has 0 saturated carbocycles. The van der Waals surface area contributed by atoms with Crippen LogP contribution in [0.2, 0.25) is 0 Å². The van der Waals surface area contributed by atoms with Crippen molar-refractivity contribution >= 4 is 23.2 Å². The van der Waals surface area contributed by atoms with Gasteiger partial charge in [-0.15, -0.1) is 11.3 Å². The molecule has 1 aromatic rings. The van der Waals surface area contributed by atoms with E-state index >= 15 is 0 Å². The van der Waals surface area contributed by atoms with E-state index in [0.717, 1.165) is 5.01 Å². The van der Waals surface area contributed by atoms with E-state index in [4.69, 9.17) is 5.11 Å². The van der Waals surface area contributed by atoms with Crippen LogP contribution in [0.4, 0.5) is 0 Å². The van der Waals surface area contributed by atoms with Gasteiger partial charge in [-0.25, -0.2) is 9.78 Å². The highest BCUT2D eigenvalue weighted by atomic mass is 32.1. The molecule has 6 heteroatoms. The summed E-state index contributed by atoms with van der Waals surface area (Å²) in [6, 6.07) is 0. The predicted octanol–water partition coefficient (Wildman–Crippen LogP) is 1.78. The van der Waals surface area contributed by atoms with Crippen molar-refractivity contribution in [3.8, 4) is 0 Å². The molecule has 0 spiro atoms. The van der Waals surface area contributed by atoms with Crippen molar-refractivity contribution in [2.24, 2.45) is 0 Å². The molecule has 0 aliphatic heterocycles. The van der Waals surface area contributed by atoms with Gasteiger partial charge in [0.2, 0.25) is 5.91 Å². The molecule has 0 aromatic carbocycles. The molecule has 5 nitrogen and oxygen atoms in total. The Balaban J connectivity index is 2.57. The van der Waals surface area contributed by atoms with Crippen molar-refractivity contribution in [1.29, 1.82) is 0 Å². The molecule has 0 saturated heterocycles. The number of aromatic nitrogens is 1. The monoisotopic (exact) mass is 268 g/mol. The zero-order valence-electron chi connectivity index (χ0n) is 10.6. The molecule has 2 N–H and O–H groups in total. The predicted molar refractivity (Wildman–Crippen MR) is 69.5 cm³/mol. The summed E-state index contributed by atoms with van der Waals surface area (Å²) in [5.41, 5.74) is 0.295. The fourth-order valence-electron chi connectivity index (χ4n) is 1.27. The van der Waals surface area contributed by atoms with Gasteiger partial charge in [0.05, 0.1) is 5.01 Å². The standard InChI is InChI=1S/C12H16N2O3S/c1-7(11-13-4-5-18-11)6-14-10(15)8(2)9(3)12(16)17/h4-5,7H,6H2,1-3H3,(H,14,15)(H,16,17)/b9-8-. The third kappa shape index (κ3) is 3.66. The fourth-order valence-corrected chi connectivity index (χ4v) is 1.97. The Morgan fingerprint density at radius 2 is 2.11 bits per heavy atom. The molecule has 0 aliphatic rings. The first kappa shape index (κ1) is 14.4. The molecule has 1 rings (SSSR count). The molecule has 1 heterocycles. The van der Waals surface area contributed by atoms with Gasteiger partial charge >= 0.3 is 5.97 Å². The summed E-state index contributed by atoms with van der Waals surface area (Å²) < 4.78 is 0. The van der Waals surface area contributed by atoms with Gasteiger partial charge < -0.3 is 10.4 Å². The maximum atomic E-state index is 11.7. The van der Waals surface area contributed by atoms with E-state index < -0.39 is 5.97 Å². The number of hydrogen-bond acceptors (Lipinski definition) is 4. The van der Waals surface area contributed by atoms with E-state index in [1.165, 1.54) is 25.2 Å². The number of carboxylic acid groups (broad SMARTS) is 1. The van der Waals surface area contributed by atoms with Crippen LogP contribution in [0.15, 0.2) is 22.7 Å². The third-order valence-corrected chi connectivity index (χ3v) is 3.67. The molecule has 0 aliphatic carbocycles. The number of aliphatic carboxylic acids is 1. The Labute approximate surface area is 110 Å². The Kier molecular flexibility index (Phi) is 5.03. The van der Waals surface area contributed by atoms with E-state index in [1.807, 2.05) is 12.3 Å². The zero-order chi connectivity index (χ0) is 13.7. The summed E-state index contributed by atoms with van der Waals surface area (Å²) >= 11 is 1.53. The molecule has 98 valence electrons. The quantitative estimate of drug-likeness (QED) is 0.798. The van der Waals surface area contributed by atoms with Crippen LogP contribution < -0.4 is 5.32 Å². The molecule has 1 atom stereocenters. The molecule has 1 amide bonds. The highest BCUT2D eigenvalue weighted by molar-refractivity contribution is 7.09. The average Bonchev–Trinajstić information content (AvgIpc) is 2.87. The number of carbonyl (C=O) groups is 2. The topological polar surface area (TPSA) is 79.3 Å². The number of nitrogens with zero attached hydrogens (tertiary/aromatic N) is 1. The summed E-state index contributed by atoms with van der Waals surface area (Å²) in [6.45, 7) is 5.33. The minimum Gasteiger partial charge on any atom is -0.478 e. The zero-order valence-corrected chi connectivity index (χ0v) is 11.4. The van der Waals surface area contributed by atoms with Crippen LogP contribution in [-0.4, -0.2) is 28.5 Å². The maximum absolute atomic E-state index is 11.7. The van der Waals surface area contributed by atoms with Crippen molar-refractivity contribution < 1.29 is 14.7 Å². The molecule has 0 radical (unpaired) electrons. The van der Waals surface area contributed by atoms with Crippen LogP contribution in [0.25, 0.3) is 0 Å². The Bertz CT molecular complexity index is 466. The van der Waals surface area contributed by atoms with Gasteiger partial charge in [-0.3, -0.25) is 4.79 Å². The second kappa shape index (κ2) is 6.30. The van der Waals surface area contributed by atoms with Gasteiger partial charge in [-0.1, -0.05) is 6.92 Å². The Hall–Kier alpha value is -1.69. The normalized spacial score (nSPS) is 13.7. The van der Waals surface area contributed by atoms with Crippen LogP contribution >= 0.6 is 11.3 Å². The van der Waals surface area contributed by atoms with Crippen molar-refractivity contribution in [2.75, 3.05) is 6.54 Å². The Morgan fingerprint density at radius 3 is 2.61 bits per heavy atom.